The van der Waals surface area contributed by atoms with E-state index in [1.54, 1.807) is 32.2 Å². The van der Waals surface area contributed by atoms with Gasteiger partial charge in [-0.05, 0) is 37.6 Å². The van der Waals surface area contributed by atoms with E-state index in [0.29, 0.717) is 11.3 Å². The van der Waals surface area contributed by atoms with Crippen LogP contribution in [-0.4, -0.2) is 18.9 Å². The van der Waals surface area contributed by atoms with E-state index >= 15 is 0 Å². The number of nitroso groups, excluding NO2 is 1. The monoisotopic (exact) mass is 207 g/mol. The summed E-state index contributed by atoms with van der Waals surface area (Å²) in [4.78, 5) is 21.9. The third-order valence-electron chi connectivity index (χ3n) is 2.24. The molecule has 1 aromatic carbocycles. The second-order valence-electron chi connectivity index (χ2n) is 3.33. The molecular formula is C11H13NO3. The smallest absolute Gasteiger partial charge is 0.190 e. The molecule has 0 fully saturated rings. The van der Waals surface area contributed by atoms with Gasteiger partial charge in [0.15, 0.2) is 11.8 Å². The molecule has 15 heavy (non-hydrogen) atoms. The molecule has 4 nitrogen and oxygen atoms in total. The SMILES string of the molecule is COc1ccc(C(=O)C(C)N=O)c(C)c1. The van der Waals surface area contributed by atoms with Gasteiger partial charge in [0.05, 0.1) is 7.11 Å². The van der Waals surface area contributed by atoms with Crippen LogP contribution in [0.5, 0.6) is 5.75 Å². The van der Waals surface area contributed by atoms with E-state index in [9.17, 15) is 9.70 Å². The number of rotatable bonds is 4. The first-order valence-corrected chi connectivity index (χ1v) is 4.61. The highest BCUT2D eigenvalue weighted by Crippen LogP contribution is 2.18. The highest BCUT2D eigenvalue weighted by atomic mass is 16.5. The van der Waals surface area contributed by atoms with Gasteiger partial charge < -0.3 is 4.74 Å². The normalized spacial score (nSPS) is 11.9. The van der Waals surface area contributed by atoms with Crippen LogP contribution in [0.25, 0.3) is 0 Å². The van der Waals surface area contributed by atoms with Crippen molar-refractivity contribution in [1.29, 1.82) is 0 Å². The number of Topliss-reactive ketones (excluding diaryl/α,β-unsaturated/α-hetero) is 1. The summed E-state index contributed by atoms with van der Waals surface area (Å²) in [6.07, 6.45) is 0. The fourth-order valence-electron chi connectivity index (χ4n) is 1.31. The predicted molar refractivity (Wildman–Crippen MR) is 57.3 cm³/mol. The van der Waals surface area contributed by atoms with Gasteiger partial charge in [-0.1, -0.05) is 5.18 Å². The summed E-state index contributed by atoms with van der Waals surface area (Å²) in [5.74, 6) is 0.431. The molecule has 0 bridgehead atoms. The standard InChI is InChI=1S/C11H13NO3/c1-7-6-9(15-3)4-5-10(7)11(13)8(2)12-14/h4-6,8H,1-3H3. The largest absolute Gasteiger partial charge is 0.497 e. The van der Waals surface area contributed by atoms with Crippen LogP contribution in [-0.2, 0) is 0 Å². The quantitative estimate of drug-likeness (QED) is 0.562. The number of aryl methyl sites for hydroxylation is 1. The fraction of sp³-hybridized carbons (Fsp3) is 0.364. The number of carbonyl (C=O) groups excluding carboxylic acids is 1. The second kappa shape index (κ2) is 4.68. The zero-order valence-electron chi connectivity index (χ0n) is 8.98. The van der Waals surface area contributed by atoms with Gasteiger partial charge in [0, 0.05) is 5.56 Å². The Bertz CT molecular complexity index is 387. The summed E-state index contributed by atoms with van der Waals surface area (Å²) >= 11 is 0. The number of hydrogen-bond donors (Lipinski definition) is 0. The number of nitrogens with zero attached hydrogens (tertiary/aromatic N) is 1. The maximum Gasteiger partial charge on any atom is 0.190 e. The summed E-state index contributed by atoms with van der Waals surface area (Å²) in [5.41, 5.74) is 1.30. The van der Waals surface area contributed by atoms with E-state index in [2.05, 4.69) is 5.18 Å². The number of ether oxygens (including phenoxy) is 1. The van der Waals surface area contributed by atoms with Crippen molar-refractivity contribution >= 4 is 5.78 Å². The van der Waals surface area contributed by atoms with E-state index in [1.807, 2.05) is 0 Å². The van der Waals surface area contributed by atoms with Gasteiger partial charge in [-0.25, -0.2) is 0 Å². The van der Waals surface area contributed by atoms with Gasteiger partial charge >= 0.3 is 0 Å². The molecule has 0 N–H and O–H groups in total. The van der Waals surface area contributed by atoms with Gasteiger partial charge in [0.1, 0.15) is 5.75 Å². The first kappa shape index (κ1) is 11.4. The van der Waals surface area contributed by atoms with Crippen LogP contribution in [0.4, 0.5) is 0 Å². The molecule has 0 aromatic heterocycles. The molecule has 0 radical (unpaired) electrons. The molecule has 0 aliphatic rings. The van der Waals surface area contributed by atoms with Crippen molar-refractivity contribution in [2.45, 2.75) is 19.9 Å². The van der Waals surface area contributed by atoms with Crippen molar-refractivity contribution < 1.29 is 9.53 Å². The first-order chi connectivity index (χ1) is 7.10. The van der Waals surface area contributed by atoms with Crippen LogP contribution < -0.4 is 4.74 Å². The van der Waals surface area contributed by atoms with E-state index < -0.39 is 6.04 Å². The van der Waals surface area contributed by atoms with Crippen LogP contribution in [0.1, 0.15) is 22.8 Å². The highest BCUT2D eigenvalue weighted by Gasteiger charge is 2.17. The molecule has 1 aromatic rings. The zero-order chi connectivity index (χ0) is 11.4. The number of carbonyl (C=O) groups is 1. The van der Waals surface area contributed by atoms with E-state index in [-0.39, 0.29) is 5.78 Å². The van der Waals surface area contributed by atoms with Crippen LogP contribution in [0.2, 0.25) is 0 Å². The summed E-state index contributed by atoms with van der Waals surface area (Å²) in [7, 11) is 1.56. The average Bonchev–Trinajstić information content (AvgIpc) is 2.26. The number of ketones is 1. The molecular weight excluding hydrogens is 194 g/mol. The van der Waals surface area contributed by atoms with Gasteiger partial charge in [-0.15, -0.1) is 0 Å². The molecule has 0 amide bonds. The van der Waals surface area contributed by atoms with Crippen molar-refractivity contribution in [1.82, 2.24) is 0 Å². The first-order valence-electron chi connectivity index (χ1n) is 4.61. The molecule has 0 aliphatic heterocycles. The van der Waals surface area contributed by atoms with Crippen LogP contribution in [0.3, 0.4) is 0 Å². The van der Waals surface area contributed by atoms with Crippen molar-refractivity contribution in [2.75, 3.05) is 7.11 Å². The Morgan fingerprint density at radius 3 is 2.60 bits per heavy atom. The minimum absolute atomic E-state index is 0.259. The molecule has 4 heteroatoms. The molecule has 1 atom stereocenters. The van der Waals surface area contributed by atoms with Crippen molar-refractivity contribution in [3.05, 3.63) is 34.2 Å². The van der Waals surface area contributed by atoms with Crippen LogP contribution in [0, 0.1) is 11.8 Å². The minimum Gasteiger partial charge on any atom is -0.497 e. The van der Waals surface area contributed by atoms with Crippen molar-refractivity contribution in [3.63, 3.8) is 0 Å². The lowest BCUT2D eigenvalue weighted by molar-refractivity contribution is 0.0968. The summed E-state index contributed by atoms with van der Waals surface area (Å²) in [5, 5.41) is 2.72. The van der Waals surface area contributed by atoms with E-state index in [1.165, 1.54) is 6.92 Å². The topological polar surface area (TPSA) is 55.7 Å². The Hall–Kier alpha value is -1.71. The lowest BCUT2D eigenvalue weighted by Crippen LogP contribution is -2.15. The summed E-state index contributed by atoms with van der Waals surface area (Å²) < 4.78 is 5.02. The third kappa shape index (κ3) is 2.40. The maximum atomic E-state index is 11.7. The highest BCUT2D eigenvalue weighted by molar-refractivity contribution is 6.01. The second-order valence-corrected chi connectivity index (χ2v) is 3.33. The van der Waals surface area contributed by atoms with Crippen molar-refractivity contribution in [2.24, 2.45) is 5.18 Å². The lowest BCUT2D eigenvalue weighted by Gasteiger charge is -2.07. The molecule has 1 unspecified atom stereocenters. The minimum atomic E-state index is -0.836. The van der Waals surface area contributed by atoms with Gasteiger partial charge in [-0.2, -0.15) is 4.91 Å². The molecule has 0 heterocycles. The third-order valence-corrected chi connectivity index (χ3v) is 2.24. The summed E-state index contributed by atoms with van der Waals surface area (Å²) in [6.45, 7) is 3.28. The van der Waals surface area contributed by atoms with Gasteiger partial charge in [0.2, 0.25) is 0 Å². The predicted octanol–water partition coefficient (Wildman–Crippen LogP) is 2.34. The van der Waals surface area contributed by atoms with Crippen LogP contribution >= 0.6 is 0 Å². The Labute approximate surface area is 88.2 Å². The van der Waals surface area contributed by atoms with Crippen molar-refractivity contribution in [3.8, 4) is 5.75 Å². The number of methoxy groups -OCH3 is 1. The van der Waals surface area contributed by atoms with E-state index in [0.717, 1.165) is 5.56 Å². The molecule has 80 valence electrons. The molecule has 0 saturated carbocycles. The molecule has 0 saturated heterocycles. The zero-order valence-corrected chi connectivity index (χ0v) is 8.98. The maximum absolute atomic E-state index is 11.7. The van der Waals surface area contributed by atoms with Gasteiger partial charge in [-0.3, -0.25) is 4.79 Å². The summed E-state index contributed by atoms with van der Waals surface area (Å²) in [6, 6.07) is 4.26. The Morgan fingerprint density at radius 2 is 2.13 bits per heavy atom. The Kier molecular flexibility index (Phi) is 3.55. The lowest BCUT2D eigenvalue weighted by atomic mass is 10.0. The van der Waals surface area contributed by atoms with Gasteiger partial charge in [0.25, 0.3) is 0 Å². The number of benzene rings is 1. The molecule has 1 rings (SSSR count). The number of hydrogen-bond acceptors (Lipinski definition) is 4. The molecule has 0 aliphatic carbocycles. The average molecular weight is 207 g/mol. The molecule has 0 spiro atoms. The fourth-order valence-corrected chi connectivity index (χ4v) is 1.31. The van der Waals surface area contributed by atoms with Crippen LogP contribution in [0.15, 0.2) is 23.4 Å². The Balaban J connectivity index is 3.05. The Morgan fingerprint density at radius 1 is 1.47 bits per heavy atom. The van der Waals surface area contributed by atoms with E-state index in [4.69, 9.17) is 4.74 Å².